The fourth-order valence-corrected chi connectivity index (χ4v) is 6.52. The van der Waals surface area contributed by atoms with Crippen molar-refractivity contribution < 1.29 is 23.6 Å². The molecule has 5 nitrogen and oxygen atoms in total. The molecule has 0 aliphatic carbocycles. The number of hydrogen-bond acceptors (Lipinski definition) is 5. The Hall–Kier alpha value is -3.17. The van der Waals surface area contributed by atoms with Gasteiger partial charge in [0.15, 0.2) is 0 Å². The maximum atomic E-state index is 14.7. The van der Waals surface area contributed by atoms with Crippen LogP contribution in [0.3, 0.4) is 0 Å². The van der Waals surface area contributed by atoms with E-state index < -0.39 is 18.2 Å². The van der Waals surface area contributed by atoms with Crippen molar-refractivity contribution in [3.8, 4) is 11.5 Å². The molecule has 0 N–H and O–H groups in total. The largest absolute Gasteiger partial charge is 0.493 e. The van der Waals surface area contributed by atoms with Crippen LogP contribution in [0.4, 0.5) is 0 Å². The Balaban J connectivity index is 2.32. The number of ether oxygens (including phenoxy) is 2. The third-order valence-corrected chi connectivity index (χ3v) is 8.00. The highest BCUT2D eigenvalue weighted by molar-refractivity contribution is 8.01. The molecule has 3 aromatic rings. The minimum Gasteiger partial charge on any atom is -0.493 e. The first-order chi connectivity index (χ1) is 15.7. The summed E-state index contributed by atoms with van der Waals surface area (Å²) in [5, 5.41) is 0.188. The van der Waals surface area contributed by atoms with Gasteiger partial charge in [-0.2, -0.15) is 0 Å². The van der Waals surface area contributed by atoms with E-state index in [0.717, 1.165) is 5.56 Å². The molecule has 172 valence electrons. The van der Waals surface area contributed by atoms with E-state index >= 15 is 0 Å². The molecule has 0 saturated carbocycles. The zero-order valence-electron chi connectivity index (χ0n) is 19.7. The summed E-state index contributed by atoms with van der Waals surface area (Å²) in [6.45, 7) is 9.72. The molecule has 0 heterocycles. The van der Waals surface area contributed by atoms with Crippen molar-refractivity contribution in [2.24, 2.45) is 0 Å². The Labute approximate surface area is 195 Å². The lowest BCUT2D eigenvalue weighted by Gasteiger charge is -2.22. The minimum absolute atomic E-state index is 0.0316. The van der Waals surface area contributed by atoms with Crippen molar-refractivity contribution in [2.75, 3.05) is 13.2 Å². The van der Waals surface area contributed by atoms with Crippen molar-refractivity contribution in [1.82, 2.24) is 0 Å². The number of aryl methyl sites for hydroxylation is 3. The smallest absolute Gasteiger partial charge is 0.249 e. The quantitative estimate of drug-likeness (QED) is 0.359. The Morgan fingerprint density at radius 2 is 1.21 bits per heavy atom. The fraction of sp³-hybridized carbons (Fsp3) is 0.259. The molecule has 0 radical (unpaired) electrons. The summed E-state index contributed by atoms with van der Waals surface area (Å²) >= 11 is 0. The highest BCUT2D eigenvalue weighted by atomic mass is 31.2. The summed E-state index contributed by atoms with van der Waals surface area (Å²) in [5.41, 5.74) is 1.24. The second-order valence-electron chi connectivity index (χ2n) is 7.82. The lowest BCUT2D eigenvalue weighted by molar-refractivity contribution is 0.103. The van der Waals surface area contributed by atoms with Gasteiger partial charge in [-0.05, 0) is 57.9 Å². The van der Waals surface area contributed by atoms with Crippen LogP contribution >= 0.6 is 7.14 Å². The van der Waals surface area contributed by atoms with Crippen LogP contribution in [-0.4, -0.2) is 24.3 Å². The normalized spacial score (nSPS) is 12.6. The van der Waals surface area contributed by atoms with E-state index in [1.807, 2.05) is 19.1 Å². The van der Waals surface area contributed by atoms with Gasteiger partial charge in [0.1, 0.15) is 17.1 Å². The molecular formula is C27H29O5P. The van der Waals surface area contributed by atoms with E-state index in [-0.39, 0.29) is 22.4 Å². The SMILES string of the molecule is CCOc1cccc(OCC)c1C(=O)P(=O)(C(=O)c1c(C)cc(C)cc1C)c1ccccc1. The van der Waals surface area contributed by atoms with Gasteiger partial charge in [0, 0.05) is 10.9 Å². The molecule has 0 fully saturated rings. The summed E-state index contributed by atoms with van der Waals surface area (Å²) in [6, 6.07) is 16.9. The molecule has 0 bridgehead atoms. The standard InChI is InChI=1S/C27H29O5P/c1-6-31-22-14-11-15-23(32-7-2)25(22)27(29)33(30,21-12-9-8-10-13-21)26(28)24-19(4)16-18(3)17-20(24)5/h8-17H,6-7H2,1-5H3. The molecule has 0 spiro atoms. The highest BCUT2D eigenvalue weighted by Crippen LogP contribution is 2.54. The van der Waals surface area contributed by atoms with Gasteiger partial charge in [-0.25, -0.2) is 0 Å². The lowest BCUT2D eigenvalue weighted by Crippen LogP contribution is -2.23. The van der Waals surface area contributed by atoms with E-state index in [4.69, 9.17) is 9.47 Å². The van der Waals surface area contributed by atoms with Crippen molar-refractivity contribution in [3.05, 3.63) is 88.5 Å². The first-order valence-electron chi connectivity index (χ1n) is 11.0. The van der Waals surface area contributed by atoms with Crippen LogP contribution in [0.5, 0.6) is 11.5 Å². The predicted octanol–water partition coefficient (Wildman–Crippen LogP) is 6.08. The molecule has 1 atom stereocenters. The van der Waals surface area contributed by atoms with Gasteiger partial charge in [-0.3, -0.25) is 9.59 Å². The average Bonchev–Trinajstić information content (AvgIpc) is 2.78. The summed E-state index contributed by atoms with van der Waals surface area (Å²) < 4.78 is 26.1. The van der Waals surface area contributed by atoms with Crippen LogP contribution in [-0.2, 0) is 4.57 Å². The van der Waals surface area contributed by atoms with Crippen LogP contribution in [0.15, 0.2) is 60.7 Å². The van der Waals surface area contributed by atoms with Gasteiger partial charge in [-0.15, -0.1) is 0 Å². The number of carbonyl (C=O) groups excluding carboxylic acids is 2. The summed E-state index contributed by atoms with van der Waals surface area (Å²) in [6.07, 6.45) is 0. The van der Waals surface area contributed by atoms with E-state index in [9.17, 15) is 14.2 Å². The molecule has 33 heavy (non-hydrogen) atoms. The summed E-state index contributed by atoms with van der Waals surface area (Å²) in [5.74, 6) is 0.490. The first kappa shape index (κ1) is 24.5. The van der Waals surface area contributed by atoms with Crippen LogP contribution in [0.25, 0.3) is 0 Å². The Bertz CT molecular complexity index is 1180. The second-order valence-corrected chi connectivity index (χ2v) is 10.4. The molecule has 0 aliphatic heterocycles. The topological polar surface area (TPSA) is 69.7 Å². The number of benzene rings is 3. The zero-order valence-corrected chi connectivity index (χ0v) is 20.6. The molecule has 6 heteroatoms. The van der Waals surface area contributed by atoms with E-state index in [1.54, 1.807) is 76.2 Å². The summed E-state index contributed by atoms with van der Waals surface area (Å²) in [4.78, 5) is 28.1. The fourth-order valence-electron chi connectivity index (χ4n) is 4.07. The Morgan fingerprint density at radius 3 is 1.70 bits per heavy atom. The molecule has 0 amide bonds. The second kappa shape index (κ2) is 10.2. The van der Waals surface area contributed by atoms with Crippen molar-refractivity contribution in [2.45, 2.75) is 34.6 Å². The van der Waals surface area contributed by atoms with Crippen molar-refractivity contribution >= 4 is 23.5 Å². The zero-order chi connectivity index (χ0) is 24.2. The van der Waals surface area contributed by atoms with E-state index in [2.05, 4.69) is 0 Å². The lowest BCUT2D eigenvalue weighted by atomic mass is 10.0. The molecule has 1 unspecified atom stereocenters. The molecule has 0 aromatic heterocycles. The number of hydrogen-bond donors (Lipinski definition) is 0. The molecular weight excluding hydrogens is 435 g/mol. The van der Waals surface area contributed by atoms with Crippen LogP contribution in [0.1, 0.15) is 51.3 Å². The third kappa shape index (κ3) is 4.65. The monoisotopic (exact) mass is 464 g/mol. The Kier molecular flexibility index (Phi) is 7.55. The molecule has 0 saturated heterocycles. The third-order valence-electron chi connectivity index (χ3n) is 5.38. The molecule has 3 aromatic carbocycles. The predicted molar refractivity (Wildman–Crippen MR) is 132 cm³/mol. The Morgan fingerprint density at radius 1 is 0.727 bits per heavy atom. The van der Waals surface area contributed by atoms with Crippen LogP contribution < -0.4 is 14.8 Å². The highest BCUT2D eigenvalue weighted by Gasteiger charge is 2.45. The van der Waals surface area contributed by atoms with Crippen LogP contribution in [0, 0.1) is 20.8 Å². The molecule has 3 rings (SSSR count). The van der Waals surface area contributed by atoms with Crippen LogP contribution in [0.2, 0.25) is 0 Å². The average molecular weight is 464 g/mol. The van der Waals surface area contributed by atoms with E-state index in [1.165, 1.54) is 0 Å². The molecule has 0 aliphatic rings. The van der Waals surface area contributed by atoms with Gasteiger partial charge >= 0.3 is 0 Å². The first-order valence-corrected chi connectivity index (χ1v) is 12.7. The van der Waals surface area contributed by atoms with Gasteiger partial charge in [0.05, 0.1) is 13.2 Å². The van der Waals surface area contributed by atoms with Crippen molar-refractivity contribution in [1.29, 1.82) is 0 Å². The van der Waals surface area contributed by atoms with Crippen molar-refractivity contribution in [3.63, 3.8) is 0 Å². The van der Waals surface area contributed by atoms with Gasteiger partial charge in [0.2, 0.25) is 18.2 Å². The minimum atomic E-state index is -4.31. The maximum absolute atomic E-state index is 14.7. The van der Waals surface area contributed by atoms with Gasteiger partial charge < -0.3 is 14.0 Å². The van der Waals surface area contributed by atoms with Gasteiger partial charge in [-0.1, -0.05) is 54.1 Å². The maximum Gasteiger partial charge on any atom is 0.249 e. The number of rotatable bonds is 9. The summed E-state index contributed by atoms with van der Waals surface area (Å²) in [7, 11) is -4.31. The van der Waals surface area contributed by atoms with Gasteiger partial charge in [0.25, 0.3) is 0 Å². The number of carbonyl (C=O) groups is 2. The van der Waals surface area contributed by atoms with E-state index in [0.29, 0.717) is 29.9 Å².